The van der Waals surface area contributed by atoms with Gasteiger partial charge in [0, 0.05) is 5.75 Å². The van der Waals surface area contributed by atoms with Crippen LogP contribution in [0.3, 0.4) is 0 Å². The van der Waals surface area contributed by atoms with Gasteiger partial charge in [-0.1, -0.05) is 28.9 Å². The molecule has 1 aliphatic rings. The Morgan fingerprint density at radius 3 is 2.83 bits per heavy atom. The molecule has 0 spiro atoms. The SMILES string of the molecule is O=C(NC1(C(=O)O)CCSC1)c1cn(-c2ccccc2Cl)nn1. The lowest BCUT2D eigenvalue weighted by Crippen LogP contribution is -2.54. The van der Waals surface area contributed by atoms with Crippen molar-refractivity contribution >= 4 is 35.2 Å². The number of aromatic nitrogens is 3. The molecule has 23 heavy (non-hydrogen) atoms. The number of hydrogen-bond acceptors (Lipinski definition) is 5. The van der Waals surface area contributed by atoms with Gasteiger partial charge in [0.1, 0.15) is 5.54 Å². The lowest BCUT2D eigenvalue weighted by atomic mass is 9.99. The van der Waals surface area contributed by atoms with Crippen LogP contribution in [0, 0.1) is 0 Å². The van der Waals surface area contributed by atoms with E-state index < -0.39 is 17.4 Å². The summed E-state index contributed by atoms with van der Waals surface area (Å²) in [5.74, 6) is -0.562. The second kappa shape index (κ2) is 6.21. The zero-order valence-electron chi connectivity index (χ0n) is 11.9. The van der Waals surface area contributed by atoms with E-state index >= 15 is 0 Å². The number of hydrogen-bond donors (Lipinski definition) is 2. The number of nitrogens with one attached hydrogen (secondary N) is 1. The molecular weight excluding hydrogens is 340 g/mol. The highest BCUT2D eigenvalue weighted by Crippen LogP contribution is 2.28. The van der Waals surface area contributed by atoms with Crippen LogP contribution in [0.25, 0.3) is 5.69 Å². The first-order valence-electron chi connectivity index (χ1n) is 6.83. The minimum atomic E-state index is -1.24. The van der Waals surface area contributed by atoms with Crippen molar-refractivity contribution < 1.29 is 14.7 Å². The number of carbonyl (C=O) groups excluding carboxylic acids is 1. The van der Waals surface area contributed by atoms with Gasteiger partial charge >= 0.3 is 5.97 Å². The van der Waals surface area contributed by atoms with Crippen LogP contribution in [0.4, 0.5) is 0 Å². The monoisotopic (exact) mass is 352 g/mol. The number of aliphatic carboxylic acids is 1. The summed E-state index contributed by atoms with van der Waals surface area (Å²) in [6.07, 6.45) is 1.81. The van der Waals surface area contributed by atoms with Crippen molar-refractivity contribution in [3.63, 3.8) is 0 Å². The van der Waals surface area contributed by atoms with Crippen LogP contribution in [0.5, 0.6) is 0 Å². The highest BCUT2D eigenvalue weighted by molar-refractivity contribution is 7.99. The molecule has 0 bridgehead atoms. The first kappa shape index (κ1) is 15.8. The van der Waals surface area contributed by atoms with Crippen LogP contribution in [-0.4, -0.2) is 49.0 Å². The number of benzene rings is 1. The molecule has 3 rings (SSSR count). The van der Waals surface area contributed by atoms with E-state index in [0.29, 0.717) is 28.6 Å². The third kappa shape index (κ3) is 3.04. The highest BCUT2D eigenvalue weighted by Gasteiger charge is 2.43. The minimum absolute atomic E-state index is 0.0439. The maximum absolute atomic E-state index is 12.3. The van der Waals surface area contributed by atoms with Crippen molar-refractivity contribution in [3.05, 3.63) is 41.2 Å². The fourth-order valence-electron chi connectivity index (χ4n) is 2.29. The van der Waals surface area contributed by atoms with Gasteiger partial charge in [-0.3, -0.25) is 4.79 Å². The summed E-state index contributed by atoms with van der Waals surface area (Å²) in [4.78, 5) is 23.8. The average molecular weight is 353 g/mol. The maximum atomic E-state index is 12.3. The average Bonchev–Trinajstić information content (AvgIpc) is 3.17. The molecule has 120 valence electrons. The van der Waals surface area contributed by atoms with E-state index in [-0.39, 0.29) is 5.69 Å². The van der Waals surface area contributed by atoms with Gasteiger partial charge in [0.2, 0.25) is 0 Å². The number of carbonyl (C=O) groups is 2. The van der Waals surface area contributed by atoms with E-state index in [9.17, 15) is 14.7 Å². The second-order valence-corrected chi connectivity index (χ2v) is 6.66. The number of amides is 1. The van der Waals surface area contributed by atoms with E-state index in [4.69, 9.17) is 11.6 Å². The van der Waals surface area contributed by atoms with Crippen LogP contribution >= 0.6 is 23.4 Å². The van der Waals surface area contributed by atoms with Crippen LogP contribution in [0.1, 0.15) is 16.9 Å². The van der Waals surface area contributed by atoms with Gasteiger partial charge < -0.3 is 10.4 Å². The molecule has 2 N–H and O–H groups in total. The zero-order chi connectivity index (χ0) is 16.4. The predicted molar refractivity (Wildman–Crippen MR) is 86.1 cm³/mol. The lowest BCUT2D eigenvalue weighted by Gasteiger charge is -2.23. The van der Waals surface area contributed by atoms with E-state index in [0.717, 1.165) is 0 Å². The third-order valence-corrected chi connectivity index (χ3v) is 5.12. The second-order valence-electron chi connectivity index (χ2n) is 5.14. The Hall–Kier alpha value is -2.06. The molecule has 1 saturated heterocycles. The van der Waals surface area contributed by atoms with Gasteiger partial charge in [0.05, 0.1) is 16.9 Å². The Morgan fingerprint density at radius 2 is 2.17 bits per heavy atom. The number of carboxylic acid groups (broad SMARTS) is 1. The molecule has 2 aromatic rings. The van der Waals surface area contributed by atoms with Crippen LogP contribution in [-0.2, 0) is 4.79 Å². The summed E-state index contributed by atoms with van der Waals surface area (Å²) < 4.78 is 1.38. The number of halogens is 1. The molecule has 1 amide bonds. The van der Waals surface area contributed by atoms with E-state index in [2.05, 4.69) is 15.6 Å². The summed E-state index contributed by atoms with van der Waals surface area (Å²) in [7, 11) is 0. The summed E-state index contributed by atoms with van der Waals surface area (Å²) >= 11 is 7.58. The Kier molecular flexibility index (Phi) is 4.27. The Labute approximate surface area is 141 Å². The summed E-state index contributed by atoms with van der Waals surface area (Å²) in [5.41, 5.74) is -0.608. The van der Waals surface area contributed by atoms with Crippen molar-refractivity contribution in [2.75, 3.05) is 11.5 Å². The molecule has 1 atom stereocenters. The minimum Gasteiger partial charge on any atom is -0.479 e. The van der Waals surface area contributed by atoms with E-state index in [1.165, 1.54) is 22.6 Å². The fraction of sp³-hybridized carbons (Fsp3) is 0.286. The topological polar surface area (TPSA) is 97.1 Å². The fourth-order valence-corrected chi connectivity index (χ4v) is 3.84. The Morgan fingerprint density at radius 1 is 1.39 bits per heavy atom. The molecule has 2 heterocycles. The number of thioether (sulfide) groups is 1. The van der Waals surface area contributed by atoms with Crippen molar-refractivity contribution in [3.8, 4) is 5.69 Å². The standard InChI is InChI=1S/C14H13ClN4O3S/c15-9-3-1-2-4-11(9)19-7-10(17-18-19)12(20)16-14(13(21)22)5-6-23-8-14/h1-4,7H,5-6,8H2,(H,16,20)(H,21,22). The molecule has 7 nitrogen and oxygen atoms in total. The molecule has 9 heteroatoms. The van der Waals surface area contributed by atoms with Gasteiger partial charge in [0.25, 0.3) is 5.91 Å². The van der Waals surface area contributed by atoms with Crippen molar-refractivity contribution in [1.29, 1.82) is 0 Å². The van der Waals surface area contributed by atoms with Crippen molar-refractivity contribution in [1.82, 2.24) is 20.3 Å². The Balaban J connectivity index is 1.82. The molecule has 1 aliphatic heterocycles. The molecule has 0 aliphatic carbocycles. The zero-order valence-corrected chi connectivity index (χ0v) is 13.5. The van der Waals surface area contributed by atoms with Gasteiger partial charge in [-0.2, -0.15) is 11.8 Å². The molecule has 1 aromatic carbocycles. The molecule has 1 aromatic heterocycles. The number of para-hydroxylation sites is 1. The third-order valence-electron chi connectivity index (χ3n) is 3.61. The largest absolute Gasteiger partial charge is 0.479 e. The quantitative estimate of drug-likeness (QED) is 0.867. The number of carboxylic acids is 1. The molecule has 0 saturated carbocycles. The molecular formula is C14H13ClN4O3S. The molecule has 0 radical (unpaired) electrons. The van der Waals surface area contributed by atoms with Crippen LogP contribution in [0.2, 0.25) is 5.02 Å². The van der Waals surface area contributed by atoms with Crippen molar-refractivity contribution in [2.45, 2.75) is 12.0 Å². The number of nitrogens with zero attached hydrogens (tertiary/aromatic N) is 3. The number of rotatable bonds is 4. The van der Waals surface area contributed by atoms with Crippen LogP contribution in [0.15, 0.2) is 30.5 Å². The smallest absolute Gasteiger partial charge is 0.330 e. The lowest BCUT2D eigenvalue weighted by molar-refractivity contribution is -0.143. The van der Waals surface area contributed by atoms with Crippen LogP contribution < -0.4 is 5.32 Å². The van der Waals surface area contributed by atoms with Gasteiger partial charge in [-0.25, -0.2) is 9.48 Å². The van der Waals surface area contributed by atoms with Gasteiger partial charge in [-0.15, -0.1) is 5.10 Å². The molecule has 1 unspecified atom stereocenters. The predicted octanol–water partition coefficient (Wildman–Crippen LogP) is 1.61. The highest BCUT2D eigenvalue weighted by atomic mass is 35.5. The Bertz CT molecular complexity index is 758. The molecule has 1 fully saturated rings. The van der Waals surface area contributed by atoms with E-state index in [1.807, 2.05) is 0 Å². The first-order chi connectivity index (χ1) is 11.0. The maximum Gasteiger partial charge on any atom is 0.330 e. The summed E-state index contributed by atoms with van der Waals surface area (Å²) in [6.45, 7) is 0. The van der Waals surface area contributed by atoms with E-state index in [1.54, 1.807) is 24.3 Å². The summed E-state index contributed by atoms with van der Waals surface area (Å²) in [5, 5.41) is 20.1. The normalized spacial score (nSPS) is 20.4. The first-order valence-corrected chi connectivity index (χ1v) is 8.36. The van der Waals surface area contributed by atoms with Gasteiger partial charge in [0.15, 0.2) is 5.69 Å². The van der Waals surface area contributed by atoms with Crippen molar-refractivity contribution in [2.24, 2.45) is 0 Å². The van der Waals surface area contributed by atoms with Gasteiger partial charge in [-0.05, 0) is 24.3 Å². The summed E-state index contributed by atoms with van der Waals surface area (Å²) in [6, 6.07) is 7.01.